The number of rotatable bonds is 4. The number of furan rings is 1. The van der Waals surface area contributed by atoms with Gasteiger partial charge in [-0.1, -0.05) is 0 Å². The number of aromatic nitrogens is 2. The summed E-state index contributed by atoms with van der Waals surface area (Å²) in [7, 11) is 1.58. The monoisotopic (exact) mass is 310 g/mol. The summed E-state index contributed by atoms with van der Waals surface area (Å²) in [6.07, 6.45) is 2.89. The topological polar surface area (TPSA) is 103 Å². The quantitative estimate of drug-likeness (QED) is 0.767. The normalized spacial score (nSPS) is 10.3. The van der Waals surface area contributed by atoms with Gasteiger partial charge < -0.3 is 20.2 Å². The molecule has 0 aliphatic rings. The minimum absolute atomic E-state index is 0.0809. The molecule has 23 heavy (non-hydrogen) atoms. The number of hydrogen-bond acceptors (Lipinski definition) is 6. The molecule has 0 aliphatic heterocycles. The second-order valence-electron chi connectivity index (χ2n) is 4.65. The highest BCUT2D eigenvalue weighted by molar-refractivity contribution is 6.07. The molecule has 3 rings (SSSR count). The van der Waals surface area contributed by atoms with Crippen LogP contribution in [0.3, 0.4) is 0 Å². The molecule has 1 amide bonds. The van der Waals surface area contributed by atoms with Crippen molar-refractivity contribution in [3.05, 3.63) is 54.4 Å². The van der Waals surface area contributed by atoms with Crippen molar-refractivity contribution in [3.63, 3.8) is 0 Å². The number of benzene rings is 1. The summed E-state index contributed by atoms with van der Waals surface area (Å²) >= 11 is 0. The summed E-state index contributed by atoms with van der Waals surface area (Å²) in [6, 6.07) is 10.4. The third-order valence-electron chi connectivity index (χ3n) is 3.15. The van der Waals surface area contributed by atoms with Crippen molar-refractivity contribution in [1.82, 2.24) is 9.97 Å². The number of carbonyl (C=O) groups is 1. The number of carbonyl (C=O) groups excluding carboxylic acids is 1. The first-order valence-electron chi connectivity index (χ1n) is 6.79. The van der Waals surface area contributed by atoms with Crippen LogP contribution in [0.15, 0.2) is 53.3 Å². The smallest absolute Gasteiger partial charge is 0.260 e. The van der Waals surface area contributed by atoms with Gasteiger partial charge in [-0.25, -0.2) is 9.97 Å². The largest absolute Gasteiger partial charge is 0.497 e. The second-order valence-corrected chi connectivity index (χ2v) is 4.65. The summed E-state index contributed by atoms with van der Waals surface area (Å²) < 4.78 is 10.3. The zero-order valence-corrected chi connectivity index (χ0v) is 12.3. The lowest BCUT2D eigenvalue weighted by atomic mass is 10.2. The average molecular weight is 310 g/mol. The van der Waals surface area contributed by atoms with Crippen molar-refractivity contribution in [2.45, 2.75) is 0 Å². The number of ether oxygens (including phenoxy) is 1. The lowest BCUT2D eigenvalue weighted by Gasteiger charge is -2.08. The fraction of sp³-hybridized carbons (Fsp3) is 0.0625. The van der Waals surface area contributed by atoms with E-state index >= 15 is 0 Å². The molecule has 0 bridgehead atoms. The number of nitrogen functional groups attached to an aromatic ring is 1. The van der Waals surface area contributed by atoms with Gasteiger partial charge in [0.2, 0.25) is 0 Å². The molecule has 2 heterocycles. The summed E-state index contributed by atoms with van der Waals surface area (Å²) in [5, 5.41) is 2.73. The van der Waals surface area contributed by atoms with Crippen molar-refractivity contribution in [1.29, 1.82) is 0 Å². The van der Waals surface area contributed by atoms with Gasteiger partial charge >= 0.3 is 0 Å². The van der Waals surface area contributed by atoms with E-state index in [1.807, 2.05) is 0 Å². The van der Waals surface area contributed by atoms with Crippen molar-refractivity contribution in [2.24, 2.45) is 0 Å². The Hall–Kier alpha value is -3.35. The number of hydrogen-bond donors (Lipinski definition) is 2. The maximum absolute atomic E-state index is 12.3. The van der Waals surface area contributed by atoms with Crippen LogP contribution in [0, 0.1) is 0 Å². The third kappa shape index (κ3) is 3.13. The fourth-order valence-electron chi connectivity index (χ4n) is 1.97. The predicted molar refractivity (Wildman–Crippen MR) is 85.1 cm³/mol. The van der Waals surface area contributed by atoms with Gasteiger partial charge in [0.1, 0.15) is 17.1 Å². The van der Waals surface area contributed by atoms with Gasteiger partial charge in [0.05, 0.1) is 13.4 Å². The van der Waals surface area contributed by atoms with Crippen molar-refractivity contribution >= 4 is 17.4 Å². The van der Waals surface area contributed by atoms with Gasteiger partial charge in [0.25, 0.3) is 5.91 Å². The van der Waals surface area contributed by atoms with Gasteiger partial charge in [0, 0.05) is 11.9 Å². The van der Waals surface area contributed by atoms with Crippen molar-refractivity contribution in [2.75, 3.05) is 18.2 Å². The molecule has 7 nitrogen and oxygen atoms in total. The molecular weight excluding hydrogens is 296 g/mol. The molecule has 3 N–H and O–H groups in total. The Balaban J connectivity index is 1.79. The van der Waals surface area contributed by atoms with E-state index in [9.17, 15) is 4.79 Å². The predicted octanol–water partition coefficient (Wildman–Crippen LogP) is 2.58. The second kappa shape index (κ2) is 6.18. The molecule has 0 saturated carbocycles. The number of nitrogens with zero attached hydrogens (tertiary/aromatic N) is 2. The van der Waals surface area contributed by atoms with Crippen molar-refractivity contribution < 1.29 is 13.9 Å². The Morgan fingerprint density at radius 2 is 2.04 bits per heavy atom. The Morgan fingerprint density at radius 3 is 2.65 bits per heavy atom. The van der Waals surface area contributed by atoms with Gasteiger partial charge in [-0.15, -0.1) is 0 Å². The van der Waals surface area contributed by atoms with Crippen LogP contribution in [0.2, 0.25) is 0 Å². The molecule has 0 saturated heterocycles. The number of amides is 1. The van der Waals surface area contributed by atoms with Crippen molar-refractivity contribution in [3.8, 4) is 17.3 Å². The van der Waals surface area contributed by atoms with Crippen LogP contribution in [0.5, 0.6) is 5.75 Å². The average Bonchev–Trinajstić information content (AvgIpc) is 3.10. The summed E-state index contributed by atoms with van der Waals surface area (Å²) in [5.41, 5.74) is 6.66. The first kappa shape index (κ1) is 14.6. The molecular formula is C16H14N4O3. The molecule has 0 radical (unpaired) electrons. The molecule has 3 aromatic rings. The molecule has 1 aromatic carbocycles. The number of anilines is 2. The van der Waals surface area contributed by atoms with E-state index in [0.29, 0.717) is 23.0 Å². The Kier molecular flexibility index (Phi) is 3.92. The van der Waals surface area contributed by atoms with Gasteiger partial charge in [-0.2, -0.15) is 0 Å². The Morgan fingerprint density at radius 1 is 1.26 bits per heavy atom. The highest BCUT2D eigenvalue weighted by atomic mass is 16.5. The zero-order chi connectivity index (χ0) is 16.2. The molecule has 7 heteroatoms. The molecule has 0 unspecified atom stereocenters. The Bertz CT molecular complexity index is 814. The van der Waals surface area contributed by atoms with Gasteiger partial charge in [-0.3, -0.25) is 4.79 Å². The van der Waals surface area contributed by atoms with Gasteiger partial charge in [0.15, 0.2) is 11.6 Å². The number of nitrogens with one attached hydrogen (secondary N) is 1. The van der Waals surface area contributed by atoms with Crippen LogP contribution in [-0.2, 0) is 0 Å². The minimum atomic E-state index is -0.390. The molecule has 0 fully saturated rings. The van der Waals surface area contributed by atoms with Crippen LogP contribution in [0.25, 0.3) is 11.6 Å². The first-order chi connectivity index (χ1) is 11.2. The van der Waals surface area contributed by atoms with E-state index in [4.69, 9.17) is 14.9 Å². The minimum Gasteiger partial charge on any atom is -0.497 e. The molecule has 116 valence electrons. The summed E-state index contributed by atoms with van der Waals surface area (Å²) in [5.74, 6) is 1.21. The highest BCUT2D eigenvalue weighted by Crippen LogP contribution is 2.20. The maximum atomic E-state index is 12.3. The van der Waals surface area contributed by atoms with Crippen LogP contribution < -0.4 is 15.8 Å². The molecule has 0 spiro atoms. The molecule has 0 aliphatic carbocycles. The number of methoxy groups -OCH3 is 1. The standard InChI is InChI=1S/C16H14N4O3/c1-22-11-6-4-10(5-7-11)19-16(21)12-9-18-15(20-14(12)17)13-3-2-8-23-13/h2-9H,1H3,(H,19,21)(H2,17,18,20). The van der Waals surface area contributed by atoms with Gasteiger partial charge in [-0.05, 0) is 36.4 Å². The van der Waals surface area contributed by atoms with E-state index in [1.165, 1.54) is 12.5 Å². The highest BCUT2D eigenvalue weighted by Gasteiger charge is 2.14. The van der Waals surface area contributed by atoms with E-state index in [2.05, 4.69) is 15.3 Å². The molecule has 0 atom stereocenters. The third-order valence-corrected chi connectivity index (χ3v) is 3.15. The zero-order valence-electron chi connectivity index (χ0n) is 12.3. The maximum Gasteiger partial charge on any atom is 0.260 e. The lowest BCUT2D eigenvalue weighted by molar-refractivity contribution is 0.102. The molecule has 2 aromatic heterocycles. The van der Waals surface area contributed by atoms with Crippen LogP contribution in [0.4, 0.5) is 11.5 Å². The van der Waals surface area contributed by atoms with Crippen LogP contribution in [-0.4, -0.2) is 23.0 Å². The Labute approximate surface area is 132 Å². The number of nitrogens with two attached hydrogens (primary N) is 1. The summed E-state index contributed by atoms with van der Waals surface area (Å²) in [4.78, 5) is 20.5. The van der Waals surface area contributed by atoms with Crippen LogP contribution >= 0.6 is 0 Å². The lowest BCUT2D eigenvalue weighted by Crippen LogP contribution is -2.15. The SMILES string of the molecule is COc1ccc(NC(=O)c2cnc(-c3ccco3)nc2N)cc1. The van der Waals surface area contributed by atoms with E-state index in [0.717, 1.165) is 0 Å². The summed E-state index contributed by atoms with van der Waals surface area (Å²) in [6.45, 7) is 0. The van der Waals surface area contributed by atoms with E-state index in [-0.39, 0.29) is 11.4 Å². The fourth-order valence-corrected chi connectivity index (χ4v) is 1.97. The van der Waals surface area contributed by atoms with E-state index in [1.54, 1.807) is 43.5 Å². The van der Waals surface area contributed by atoms with Crippen LogP contribution in [0.1, 0.15) is 10.4 Å². The van der Waals surface area contributed by atoms with E-state index < -0.39 is 5.91 Å². The first-order valence-corrected chi connectivity index (χ1v) is 6.79.